The number of pyridine rings is 1. The predicted molar refractivity (Wildman–Crippen MR) is 303 cm³/mol. The molecule has 6 saturated heterocycles. The number of piperazine rings is 1. The van der Waals surface area contributed by atoms with Gasteiger partial charge in [0.15, 0.2) is 0 Å². The molecule has 442 valence electrons. The van der Waals surface area contributed by atoms with E-state index in [-0.39, 0.29) is 60.6 Å². The van der Waals surface area contributed by atoms with Crippen LogP contribution in [0.5, 0.6) is 0 Å². The van der Waals surface area contributed by atoms with E-state index in [0.717, 1.165) is 56.2 Å². The molecule has 1 spiro atoms. The first kappa shape index (κ1) is 55.9. The van der Waals surface area contributed by atoms with Gasteiger partial charge in [-0.25, -0.2) is 10.4 Å². The standard InChI is InChI=1S/C60H79F3N12O6S/c1-33(2)49(72-16-14-59(29-72)15-17-73(30-59)56(78)52-50(69(52)6)35-8-9-35)53(76)65-44-26-46-66-54(82-68-46)36-10-13-45-41(24-36)43(27-58(4,5)32-81-57(79)48-37-22-39(23-37)75(67-48)55(44)77)51(74(45)31-60(61,62)63)42-25-40(28-64-47(42)34(3)80-7)71-20-18-70(19-21-71)38-11-12-38/h10,13,24-25,28,33-35,37-39,44,48-50,52,67H,8-9,11-12,14-23,26-27,29-32H2,1-7H3,(H,65,76)/t34-,37?,39?,44-,48-,49-,50+,52+,59-,69?/m0/s1. The van der Waals surface area contributed by atoms with Crippen molar-refractivity contribution < 1.29 is 41.8 Å². The number of carbonyl (C=O) groups is 4. The second-order valence-electron chi connectivity index (χ2n) is 26.8. The molecule has 2 N–H and O–H groups in total. The van der Waals surface area contributed by atoms with Crippen LogP contribution >= 0.6 is 11.5 Å². The summed E-state index contributed by atoms with van der Waals surface area (Å²) >= 11 is 1.13. The number of likely N-dealkylation sites (tertiary alicyclic amines) is 2. The molecule has 1 unspecified atom stereocenters. The van der Waals surface area contributed by atoms with Crippen molar-refractivity contribution in [1.82, 2.24) is 54.3 Å². The molecule has 14 rings (SSSR count). The lowest BCUT2D eigenvalue weighted by Gasteiger charge is -2.53. The molecule has 8 bridgehead atoms. The van der Waals surface area contributed by atoms with E-state index >= 15 is 18.0 Å². The van der Waals surface area contributed by atoms with Gasteiger partial charge in [-0.1, -0.05) is 27.7 Å². The summed E-state index contributed by atoms with van der Waals surface area (Å²) < 4.78 is 63.9. The van der Waals surface area contributed by atoms with Gasteiger partial charge < -0.3 is 29.2 Å². The summed E-state index contributed by atoms with van der Waals surface area (Å²) in [6.07, 6.45) is 4.49. The van der Waals surface area contributed by atoms with E-state index in [1.54, 1.807) is 19.2 Å². The van der Waals surface area contributed by atoms with Crippen molar-refractivity contribution in [2.75, 3.05) is 78.0 Å². The number of aromatic nitrogens is 4. The molecule has 82 heavy (non-hydrogen) atoms. The summed E-state index contributed by atoms with van der Waals surface area (Å²) in [5.74, 6) is -0.250. The molecular formula is C60H79F3N12O6S. The van der Waals surface area contributed by atoms with Crippen molar-refractivity contribution in [3.63, 3.8) is 0 Å². The van der Waals surface area contributed by atoms with E-state index < -0.39 is 54.2 Å². The average Bonchev–Trinajstić information content (AvgIpc) is 1.97. The zero-order valence-corrected chi connectivity index (χ0v) is 49.2. The smallest absolute Gasteiger partial charge is 0.406 e. The quantitative estimate of drug-likeness (QED) is 0.117. The molecule has 1 aromatic carbocycles. The van der Waals surface area contributed by atoms with Crippen LogP contribution in [0.4, 0.5) is 18.9 Å². The minimum Gasteiger partial charge on any atom is -0.464 e. The van der Waals surface area contributed by atoms with Crippen LogP contribution in [-0.2, 0) is 48.0 Å². The van der Waals surface area contributed by atoms with Gasteiger partial charge in [0.2, 0.25) is 11.8 Å². The molecule has 10 aliphatic rings. The zero-order valence-electron chi connectivity index (χ0n) is 48.3. The number of hydrazine groups is 1. The van der Waals surface area contributed by atoms with E-state index in [1.807, 2.05) is 52.9 Å². The number of nitrogens with one attached hydrogen (secondary N) is 2. The summed E-state index contributed by atoms with van der Waals surface area (Å²) in [6, 6.07) is 5.56. The molecule has 18 nitrogen and oxygen atoms in total. The van der Waals surface area contributed by atoms with Gasteiger partial charge in [-0.2, -0.15) is 17.5 Å². The number of methoxy groups -OCH3 is 1. The number of rotatable bonds is 12. The Bertz CT molecular complexity index is 3150. The number of fused-ring (bicyclic) bond motifs is 4. The second kappa shape index (κ2) is 21.1. The maximum atomic E-state index is 15.2. The van der Waals surface area contributed by atoms with Gasteiger partial charge in [-0.05, 0) is 137 Å². The van der Waals surface area contributed by atoms with Crippen molar-refractivity contribution in [3.8, 4) is 21.8 Å². The van der Waals surface area contributed by atoms with Crippen molar-refractivity contribution in [2.24, 2.45) is 28.6 Å². The van der Waals surface area contributed by atoms with Gasteiger partial charge in [-0.3, -0.25) is 43.9 Å². The van der Waals surface area contributed by atoms with Gasteiger partial charge in [0.05, 0.1) is 42.0 Å². The molecule has 3 amide bonds. The molecule has 3 aliphatic carbocycles. The Kier molecular flexibility index (Phi) is 14.4. The minimum absolute atomic E-state index is 0.0236. The summed E-state index contributed by atoms with van der Waals surface area (Å²) in [5.41, 5.74) is 6.18. The molecule has 0 radical (unpaired) electrons. The molecule has 8 atom stereocenters. The molecule has 3 saturated carbocycles. The summed E-state index contributed by atoms with van der Waals surface area (Å²) in [7, 11) is 3.63. The van der Waals surface area contributed by atoms with E-state index in [1.165, 1.54) is 35.3 Å². The highest BCUT2D eigenvalue weighted by molar-refractivity contribution is 7.09. The Labute approximate surface area is 481 Å². The number of amides is 3. The Morgan fingerprint density at radius 1 is 0.963 bits per heavy atom. The minimum atomic E-state index is -4.61. The van der Waals surface area contributed by atoms with Crippen LogP contribution in [0, 0.1) is 28.6 Å². The number of hydrogen-bond donors (Lipinski definition) is 2. The van der Waals surface area contributed by atoms with Crippen molar-refractivity contribution in [2.45, 2.75) is 160 Å². The summed E-state index contributed by atoms with van der Waals surface area (Å²) in [4.78, 5) is 79.7. The first-order chi connectivity index (χ1) is 39.1. The fourth-order valence-electron chi connectivity index (χ4n) is 15.0. The highest BCUT2D eigenvalue weighted by atomic mass is 32.1. The zero-order chi connectivity index (χ0) is 57.3. The van der Waals surface area contributed by atoms with Crippen LogP contribution in [0.15, 0.2) is 30.5 Å². The largest absolute Gasteiger partial charge is 0.464 e. The SMILES string of the molecule is CO[C@@H](C)c1ncc(N2CCN(C3CC3)CC2)cc1-c1c2c3cc(ccc3n1CC(F)(F)F)-c1nc(ns1)C[C@H](NC(=O)[C@H](C(C)C)N1CC[C@]3(CCN(C(=O)[C@H]4[C@@H](C5CC5)N4C)C3)C1)C(=O)N1N[C@H](C(=O)OCC(C)(C)C2)C2CC1C2. The molecule has 10 heterocycles. The number of benzene rings is 1. The summed E-state index contributed by atoms with van der Waals surface area (Å²) in [5, 5.41) is 5.79. The number of nitrogens with zero attached hydrogens (tertiary/aromatic N) is 10. The number of esters is 1. The van der Waals surface area contributed by atoms with Crippen LogP contribution in [-0.4, -0.2) is 189 Å². The fourth-order valence-corrected chi connectivity index (χ4v) is 15.7. The van der Waals surface area contributed by atoms with E-state index in [0.29, 0.717) is 107 Å². The van der Waals surface area contributed by atoms with Crippen LogP contribution in [0.3, 0.4) is 0 Å². The molecule has 7 aliphatic heterocycles. The number of ether oxygens (including phenoxy) is 2. The van der Waals surface area contributed by atoms with Crippen LogP contribution < -0.4 is 15.6 Å². The maximum absolute atomic E-state index is 15.2. The van der Waals surface area contributed by atoms with E-state index in [9.17, 15) is 14.4 Å². The molecule has 3 aromatic heterocycles. The third kappa shape index (κ3) is 10.6. The molecule has 4 aromatic rings. The third-order valence-electron chi connectivity index (χ3n) is 19.9. The number of alkyl halides is 3. The highest BCUT2D eigenvalue weighted by Gasteiger charge is 2.59. The normalized spacial score (nSPS) is 30.4. The molecular weight excluding hydrogens is 1070 g/mol. The Morgan fingerprint density at radius 2 is 1.72 bits per heavy atom. The van der Waals surface area contributed by atoms with Crippen molar-refractivity contribution in [1.29, 1.82) is 0 Å². The number of anilines is 1. The monoisotopic (exact) mass is 1150 g/mol. The van der Waals surface area contributed by atoms with E-state index in [2.05, 4.69) is 42.3 Å². The number of cyclic esters (lactones) is 1. The topological polar surface area (TPSA) is 174 Å². The number of likely N-dealkylation sites (N-methyl/N-ethyl adjacent to an activating group) is 1. The van der Waals surface area contributed by atoms with Crippen molar-refractivity contribution in [3.05, 3.63) is 47.5 Å². The van der Waals surface area contributed by atoms with Gasteiger partial charge in [0, 0.05) is 110 Å². The lowest BCUT2D eigenvalue weighted by Crippen LogP contribution is -2.72. The Balaban J connectivity index is 0.840. The van der Waals surface area contributed by atoms with Crippen molar-refractivity contribution >= 4 is 51.8 Å². The summed E-state index contributed by atoms with van der Waals surface area (Å²) in [6.45, 7) is 14.5. The first-order valence-corrected chi connectivity index (χ1v) is 30.8. The fraction of sp³-hybridized carbons (Fsp3) is 0.683. The van der Waals surface area contributed by atoms with Crippen LogP contribution in [0.25, 0.3) is 32.7 Å². The van der Waals surface area contributed by atoms with Gasteiger partial charge in [0.1, 0.15) is 35.5 Å². The van der Waals surface area contributed by atoms with Gasteiger partial charge in [-0.15, -0.1) is 0 Å². The highest BCUT2D eigenvalue weighted by Crippen LogP contribution is 2.49. The third-order valence-corrected chi connectivity index (χ3v) is 20.7. The van der Waals surface area contributed by atoms with Gasteiger partial charge in [0.25, 0.3) is 5.91 Å². The Hall–Kier alpha value is -5.26. The second-order valence-corrected chi connectivity index (χ2v) is 27.6. The van der Waals surface area contributed by atoms with E-state index in [4.69, 9.17) is 23.8 Å². The molecule has 9 fully saturated rings. The Morgan fingerprint density at radius 3 is 2.43 bits per heavy atom. The predicted octanol–water partition coefficient (Wildman–Crippen LogP) is 6.46. The lowest BCUT2D eigenvalue weighted by atomic mass is 9.73. The number of carbonyl (C=O) groups excluding carboxylic acids is 4. The maximum Gasteiger partial charge on any atom is 0.406 e. The van der Waals surface area contributed by atoms with Crippen LogP contribution in [0.1, 0.15) is 109 Å². The molecule has 22 heteroatoms. The average molecular weight is 1150 g/mol. The number of halogens is 3. The van der Waals surface area contributed by atoms with Gasteiger partial charge >= 0.3 is 12.1 Å². The first-order valence-electron chi connectivity index (χ1n) is 30.0. The number of hydrogen-bond acceptors (Lipinski definition) is 15. The van der Waals surface area contributed by atoms with Crippen LogP contribution in [0.2, 0.25) is 0 Å². The lowest BCUT2D eigenvalue weighted by molar-refractivity contribution is -0.171.